The molecule has 5 nitrogen and oxygen atoms in total. The number of amides is 2. The van der Waals surface area contributed by atoms with Crippen LogP contribution in [0.3, 0.4) is 0 Å². The zero-order chi connectivity index (χ0) is 20.4. The maximum absolute atomic E-state index is 13.4. The first-order chi connectivity index (χ1) is 13.3. The Labute approximate surface area is 164 Å². The number of carbonyl (C=O) groups is 2. The fourth-order valence-corrected chi connectivity index (χ4v) is 3.17. The predicted molar refractivity (Wildman–Crippen MR) is 106 cm³/mol. The Balaban J connectivity index is 1.94. The van der Waals surface area contributed by atoms with E-state index in [0.29, 0.717) is 6.42 Å². The number of hydrogen-bond donors (Lipinski definition) is 0. The Hall–Kier alpha value is -3.02. The lowest BCUT2D eigenvalue weighted by molar-refractivity contribution is -0.139. The van der Waals surface area contributed by atoms with Crippen molar-refractivity contribution in [2.75, 3.05) is 13.6 Å². The summed E-state index contributed by atoms with van der Waals surface area (Å²) in [5.74, 6) is -0.790. The minimum atomic E-state index is -0.329. The number of carbonyl (C=O) groups excluding carboxylic acids is 2. The normalized spacial score (nSPS) is 16.1. The van der Waals surface area contributed by atoms with E-state index in [0.717, 1.165) is 22.4 Å². The van der Waals surface area contributed by atoms with E-state index in [1.165, 1.54) is 34.5 Å². The van der Waals surface area contributed by atoms with Crippen LogP contribution in [0.2, 0.25) is 0 Å². The van der Waals surface area contributed by atoms with E-state index in [9.17, 15) is 14.0 Å². The van der Waals surface area contributed by atoms with Gasteiger partial charge in [-0.2, -0.15) is 5.10 Å². The van der Waals surface area contributed by atoms with Gasteiger partial charge >= 0.3 is 0 Å². The van der Waals surface area contributed by atoms with E-state index in [-0.39, 0.29) is 30.2 Å². The summed E-state index contributed by atoms with van der Waals surface area (Å²) < 4.78 is 13.4. The zero-order valence-corrected chi connectivity index (χ0v) is 16.6. The second-order valence-corrected chi connectivity index (χ2v) is 7.23. The van der Waals surface area contributed by atoms with Crippen LogP contribution in [0.5, 0.6) is 0 Å². The Morgan fingerprint density at radius 3 is 2.43 bits per heavy atom. The number of likely N-dealkylation sites (N-methyl/N-ethyl adjacent to an activating group) is 1. The summed E-state index contributed by atoms with van der Waals surface area (Å²) in [4.78, 5) is 25.7. The van der Waals surface area contributed by atoms with Gasteiger partial charge in [0, 0.05) is 20.4 Å². The van der Waals surface area contributed by atoms with Gasteiger partial charge in [-0.1, -0.05) is 24.3 Å². The molecule has 0 saturated heterocycles. The van der Waals surface area contributed by atoms with Crippen LogP contribution in [0.1, 0.15) is 41.6 Å². The van der Waals surface area contributed by atoms with Crippen molar-refractivity contribution >= 4 is 17.5 Å². The fourth-order valence-electron chi connectivity index (χ4n) is 3.17. The van der Waals surface area contributed by atoms with Crippen LogP contribution in [0.4, 0.5) is 4.39 Å². The van der Waals surface area contributed by atoms with Gasteiger partial charge in [0.15, 0.2) is 0 Å². The molecule has 2 aromatic rings. The number of benzene rings is 2. The molecular formula is C22H24FN3O2. The summed E-state index contributed by atoms with van der Waals surface area (Å²) in [7, 11) is 1.58. The molecule has 2 aromatic carbocycles. The Morgan fingerprint density at radius 2 is 1.82 bits per heavy atom. The lowest BCUT2D eigenvalue weighted by Gasteiger charge is -2.24. The molecule has 1 aliphatic rings. The third kappa shape index (κ3) is 4.11. The average molecular weight is 381 g/mol. The quantitative estimate of drug-likeness (QED) is 0.813. The van der Waals surface area contributed by atoms with Gasteiger partial charge in [-0.05, 0) is 54.3 Å². The van der Waals surface area contributed by atoms with Crippen molar-refractivity contribution < 1.29 is 14.0 Å². The first kappa shape index (κ1) is 19.7. The van der Waals surface area contributed by atoms with Crippen LogP contribution in [-0.4, -0.2) is 41.0 Å². The van der Waals surface area contributed by atoms with Crippen molar-refractivity contribution in [3.05, 3.63) is 70.5 Å². The molecule has 146 valence electrons. The van der Waals surface area contributed by atoms with Crippen LogP contribution >= 0.6 is 0 Å². The Morgan fingerprint density at radius 1 is 1.14 bits per heavy atom. The van der Waals surface area contributed by atoms with Crippen molar-refractivity contribution in [3.63, 3.8) is 0 Å². The Kier molecular flexibility index (Phi) is 5.58. The molecule has 28 heavy (non-hydrogen) atoms. The molecule has 0 unspecified atom stereocenters. The standard InChI is InChI=1S/C22H24FN3O2/c1-14-5-6-18(11-15(14)2)20-12-21(17-7-9-19(23)10-8-17)26(24-20)22(28)13-25(4)16(3)27/h5-11,21H,12-13H2,1-4H3/t21-/m1/s1. The van der Waals surface area contributed by atoms with E-state index in [1.807, 2.05) is 26.0 Å². The third-order valence-electron chi connectivity index (χ3n) is 5.17. The number of nitrogens with zero attached hydrogens (tertiary/aromatic N) is 3. The Bertz CT molecular complexity index is 937. The van der Waals surface area contributed by atoms with Crippen molar-refractivity contribution in [3.8, 4) is 0 Å². The minimum absolute atomic E-state index is 0.0588. The van der Waals surface area contributed by atoms with Gasteiger partial charge in [-0.15, -0.1) is 0 Å². The first-order valence-corrected chi connectivity index (χ1v) is 9.20. The number of hydrogen-bond acceptors (Lipinski definition) is 3. The zero-order valence-electron chi connectivity index (χ0n) is 16.6. The molecule has 1 heterocycles. The number of hydrazone groups is 1. The van der Waals surface area contributed by atoms with E-state index in [4.69, 9.17) is 0 Å². The summed E-state index contributed by atoms with van der Waals surface area (Å²) in [6, 6.07) is 11.9. The van der Waals surface area contributed by atoms with Crippen LogP contribution in [0.25, 0.3) is 0 Å². The third-order valence-corrected chi connectivity index (χ3v) is 5.17. The minimum Gasteiger partial charge on any atom is -0.337 e. The molecule has 6 heteroatoms. The molecule has 0 saturated carbocycles. The van der Waals surface area contributed by atoms with E-state index in [1.54, 1.807) is 19.2 Å². The molecule has 1 aliphatic heterocycles. The lowest BCUT2D eigenvalue weighted by atomic mass is 9.96. The lowest BCUT2D eigenvalue weighted by Crippen LogP contribution is -2.38. The molecular weight excluding hydrogens is 357 g/mol. The molecule has 1 atom stereocenters. The molecule has 2 amide bonds. The maximum atomic E-state index is 13.4. The van der Waals surface area contributed by atoms with E-state index >= 15 is 0 Å². The van der Waals surface area contributed by atoms with Crippen molar-refractivity contribution in [1.29, 1.82) is 0 Å². The highest BCUT2D eigenvalue weighted by atomic mass is 19.1. The van der Waals surface area contributed by atoms with Crippen LogP contribution in [0, 0.1) is 19.7 Å². The second kappa shape index (κ2) is 7.92. The number of aryl methyl sites for hydroxylation is 2. The van der Waals surface area contributed by atoms with Crippen molar-refractivity contribution in [2.45, 2.75) is 33.2 Å². The van der Waals surface area contributed by atoms with Gasteiger partial charge in [0.2, 0.25) is 5.91 Å². The highest BCUT2D eigenvalue weighted by Crippen LogP contribution is 2.33. The summed E-state index contributed by atoms with van der Waals surface area (Å²) in [6.07, 6.45) is 0.531. The summed E-state index contributed by atoms with van der Waals surface area (Å²) in [5.41, 5.74) is 4.91. The smallest absolute Gasteiger partial charge is 0.262 e. The highest BCUT2D eigenvalue weighted by molar-refractivity contribution is 6.03. The SMILES string of the molecule is CC(=O)N(C)CC(=O)N1N=C(c2ccc(C)c(C)c2)C[C@@H]1c1ccc(F)cc1. The van der Waals surface area contributed by atoms with Crippen LogP contribution in [-0.2, 0) is 9.59 Å². The van der Waals surface area contributed by atoms with Gasteiger partial charge in [0.1, 0.15) is 12.4 Å². The van der Waals surface area contributed by atoms with Crippen LogP contribution < -0.4 is 0 Å². The molecule has 3 rings (SSSR count). The van der Waals surface area contributed by atoms with E-state index < -0.39 is 0 Å². The van der Waals surface area contributed by atoms with E-state index in [2.05, 4.69) is 11.2 Å². The molecule has 0 fully saturated rings. The number of halogens is 1. The molecule has 0 bridgehead atoms. The molecule has 0 spiro atoms. The average Bonchev–Trinajstić information content (AvgIpc) is 3.10. The largest absolute Gasteiger partial charge is 0.337 e. The van der Waals surface area contributed by atoms with Crippen LogP contribution in [0.15, 0.2) is 47.6 Å². The first-order valence-electron chi connectivity index (χ1n) is 9.20. The predicted octanol–water partition coefficient (Wildman–Crippen LogP) is 3.60. The fraction of sp³-hybridized carbons (Fsp3) is 0.318. The number of rotatable bonds is 4. The van der Waals surface area contributed by atoms with Gasteiger partial charge in [0.25, 0.3) is 5.91 Å². The molecule has 0 aromatic heterocycles. The van der Waals surface area contributed by atoms with Gasteiger partial charge < -0.3 is 4.90 Å². The topological polar surface area (TPSA) is 53.0 Å². The summed E-state index contributed by atoms with van der Waals surface area (Å²) in [5, 5.41) is 6.02. The molecule has 0 radical (unpaired) electrons. The maximum Gasteiger partial charge on any atom is 0.262 e. The monoisotopic (exact) mass is 381 g/mol. The summed E-state index contributed by atoms with van der Waals surface area (Å²) in [6.45, 7) is 5.44. The molecule has 0 N–H and O–H groups in total. The van der Waals surface area contributed by atoms with Gasteiger partial charge in [-0.25, -0.2) is 9.40 Å². The highest BCUT2D eigenvalue weighted by Gasteiger charge is 2.33. The second-order valence-electron chi connectivity index (χ2n) is 7.23. The summed E-state index contributed by atoms with van der Waals surface area (Å²) >= 11 is 0. The van der Waals surface area contributed by atoms with Crippen molar-refractivity contribution in [2.24, 2.45) is 5.10 Å². The molecule has 0 aliphatic carbocycles. The van der Waals surface area contributed by atoms with Gasteiger partial charge in [0.05, 0.1) is 11.8 Å². The van der Waals surface area contributed by atoms with Crippen molar-refractivity contribution in [1.82, 2.24) is 9.91 Å². The van der Waals surface area contributed by atoms with Gasteiger partial charge in [-0.3, -0.25) is 9.59 Å².